The summed E-state index contributed by atoms with van der Waals surface area (Å²) in [4.78, 5) is 7.66. The van der Waals surface area contributed by atoms with Crippen molar-refractivity contribution in [2.45, 2.75) is 0 Å². The van der Waals surface area contributed by atoms with Crippen LogP contribution in [0.1, 0.15) is 0 Å². The van der Waals surface area contributed by atoms with Gasteiger partial charge in [0.25, 0.3) is 0 Å². The van der Waals surface area contributed by atoms with Gasteiger partial charge in [-0.2, -0.15) is 0 Å². The standard InChI is InChI=1S/C47H30N2S2/c1-3-12-31(13-4-1)32-22-24-33(25-23-32)35-16-11-17-36(28-35)49(37-26-27-40-39-19-9-10-21-44(39)50-45(40)29-37)43-30-42-46(41-20-8-7-18-38(41)43)51-47(48-42)34-14-5-2-6-15-34/h1-30H. The first-order chi connectivity index (χ1) is 25.3. The van der Waals surface area contributed by atoms with E-state index in [2.05, 4.69) is 187 Å². The third kappa shape index (κ3) is 5.28. The monoisotopic (exact) mass is 686 g/mol. The molecule has 0 saturated carbocycles. The molecule has 51 heavy (non-hydrogen) atoms. The molecule has 0 atom stereocenters. The highest BCUT2D eigenvalue weighted by molar-refractivity contribution is 7.25. The quantitative estimate of drug-likeness (QED) is 0.173. The molecule has 0 fully saturated rings. The predicted octanol–water partition coefficient (Wildman–Crippen LogP) is 14.3. The Kier molecular flexibility index (Phi) is 7.23. The summed E-state index contributed by atoms with van der Waals surface area (Å²) in [7, 11) is 0. The van der Waals surface area contributed by atoms with Crippen LogP contribution in [0.15, 0.2) is 182 Å². The van der Waals surface area contributed by atoms with Crippen molar-refractivity contribution in [3.8, 4) is 32.8 Å². The molecular weight excluding hydrogens is 657 g/mol. The lowest BCUT2D eigenvalue weighted by Crippen LogP contribution is -2.10. The number of nitrogens with zero attached hydrogens (tertiary/aromatic N) is 2. The minimum absolute atomic E-state index is 1.01. The first-order valence-corrected chi connectivity index (χ1v) is 18.8. The van der Waals surface area contributed by atoms with E-state index in [4.69, 9.17) is 4.98 Å². The lowest BCUT2D eigenvalue weighted by atomic mass is 9.99. The zero-order valence-corrected chi connectivity index (χ0v) is 29.2. The van der Waals surface area contributed by atoms with Crippen molar-refractivity contribution in [3.05, 3.63) is 182 Å². The maximum Gasteiger partial charge on any atom is 0.124 e. The average molecular weight is 687 g/mol. The molecule has 2 nitrogen and oxygen atoms in total. The number of fused-ring (bicyclic) bond motifs is 6. The number of rotatable bonds is 6. The van der Waals surface area contributed by atoms with Gasteiger partial charge in [0.05, 0.1) is 15.9 Å². The van der Waals surface area contributed by atoms with Crippen LogP contribution in [0.2, 0.25) is 0 Å². The van der Waals surface area contributed by atoms with Crippen molar-refractivity contribution in [2.75, 3.05) is 4.90 Å². The van der Waals surface area contributed by atoms with Crippen molar-refractivity contribution in [1.29, 1.82) is 0 Å². The van der Waals surface area contributed by atoms with Crippen molar-refractivity contribution >= 4 is 80.9 Å². The zero-order valence-electron chi connectivity index (χ0n) is 27.5. The van der Waals surface area contributed by atoms with Gasteiger partial charge < -0.3 is 4.90 Å². The van der Waals surface area contributed by atoms with Crippen LogP contribution >= 0.6 is 22.7 Å². The third-order valence-electron chi connectivity index (χ3n) is 9.69. The summed E-state index contributed by atoms with van der Waals surface area (Å²) < 4.78 is 3.79. The summed E-state index contributed by atoms with van der Waals surface area (Å²) in [6, 6.07) is 65.6. The summed E-state index contributed by atoms with van der Waals surface area (Å²) in [6.07, 6.45) is 0. The number of aromatic nitrogens is 1. The highest BCUT2D eigenvalue weighted by Gasteiger charge is 2.21. The summed E-state index contributed by atoms with van der Waals surface area (Å²) in [5.41, 5.74) is 10.3. The molecule has 240 valence electrons. The Morgan fingerprint density at radius 2 is 0.961 bits per heavy atom. The van der Waals surface area contributed by atoms with E-state index in [1.807, 2.05) is 11.3 Å². The zero-order chi connectivity index (χ0) is 33.7. The molecule has 2 heterocycles. The van der Waals surface area contributed by atoms with Crippen LogP contribution in [0.5, 0.6) is 0 Å². The molecule has 0 saturated heterocycles. The molecule has 0 N–H and O–H groups in total. The Labute approximate surface area is 304 Å². The van der Waals surface area contributed by atoms with Gasteiger partial charge >= 0.3 is 0 Å². The van der Waals surface area contributed by atoms with E-state index in [-0.39, 0.29) is 0 Å². The molecule has 0 radical (unpaired) electrons. The van der Waals surface area contributed by atoms with Crippen LogP contribution in [0.3, 0.4) is 0 Å². The fourth-order valence-corrected chi connectivity index (χ4v) is 9.44. The predicted molar refractivity (Wildman–Crippen MR) is 221 cm³/mol. The molecule has 0 amide bonds. The highest BCUT2D eigenvalue weighted by atomic mass is 32.1. The first kappa shape index (κ1) is 29.8. The van der Waals surface area contributed by atoms with E-state index >= 15 is 0 Å². The number of thiazole rings is 1. The summed E-state index contributed by atoms with van der Waals surface area (Å²) in [5.74, 6) is 0. The molecule has 8 aromatic carbocycles. The molecule has 0 spiro atoms. The maximum absolute atomic E-state index is 5.23. The van der Waals surface area contributed by atoms with E-state index in [9.17, 15) is 0 Å². The molecule has 0 bridgehead atoms. The number of thiophene rings is 1. The lowest BCUT2D eigenvalue weighted by molar-refractivity contribution is 1.31. The van der Waals surface area contributed by atoms with Crippen molar-refractivity contribution < 1.29 is 0 Å². The smallest absolute Gasteiger partial charge is 0.124 e. The first-order valence-electron chi connectivity index (χ1n) is 17.1. The molecule has 10 aromatic rings. The fraction of sp³-hybridized carbons (Fsp3) is 0. The summed E-state index contributed by atoms with van der Waals surface area (Å²) >= 11 is 3.62. The molecule has 4 heteroatoms. The Morgan fingerprint density at radius 3 is 1.75 bits per heavy atom. The van der Waals surface area contributed by atoms with Crippen LogP contribution < -0.4 is 4.90 Å². The van der Waals surface area contributed by atoms with Crippen LogP contribution in [0, 0.1) is 0 Å². The summed E-state index contributed by atoms with van der Waals surface area (Å²) in [6.45, 7) is 0. The van der Waals surface area contributed by atoms with Gasteiger partial charge in [-0.25, -0.2) is 4.98 Å². The van der Waals surface area contributed by atoms with E-state index < -0.39 is 0 Å². The number of anilines is 3. The van der Waals surface area contributed by atoms with Gasteiger partial charge in [-0.1, -0.05) is 146 Å². The van der Waals surface area contributed by atoms with E-state index in [1.54, 1.807) is 11.3 Å². The van der Waals surface area contributed by atoms with Gasteiger partial charge in [0, 0.05) is 47.9 Å². The van der Waals surface area contributed by atoms with Crippen molar-refractivity contribution in [3.63, 3.8) is 0 Å². The Balaban J connectivity index is 1.17. The van der Waals surface area contributed by atoms with Gasteiger partial charge in [0.1, 0.15) is 5.01 Å². The molecule has 0 aliphatic rings. The maximum atomic E-state index is 5.23. The van der Waals surface area contributed by atoms with Gasteiger partial charge in [-0.3, -0.25) is 0 Å². The second kappa shape index (κ2) is 12.4. The molecule has 2 aromatic heterocycles. The van der Waals surface area contributed by atoms with Gasteiger partial charge in [-0.05, 0) is 58.7 Å². The summed E-state index contributed by atoms with van der Waals surface area (Å²) in [5, 5.41) is 6.04. The molecule has 10 rings (SSSR count). The largest absolute Gasteiger partial charge is 0.310 e. The van der Waals surface area contributed by atoms with Crippen molar-refractivity contribution in [1.82, 2.24) is 4.98 Å². The molecule has 0 aliphatic carbocycles. The SMILES string of the molecule is c1ccc(-c2ccc(-c3cccc(N(c4ccc5c(c4)sc4ccccc45)c4cc5nc(-c6ccccc6)sc5c5ccccc45)c3)cc2)cc1. The number of hydrogen-bond donors (Lipinski definition) is 0. The second-order valence-electron chi connectivity index (χ2n) is 12.8. The molecular formula is C47H30N2S2. The number of benzene rings is 8. The second-order valence-corrected chi connectivity index (χ2v) is 14.9. The van der Waals surface area contributed by atoms with Crippen LogP contribution in [-0.4, -0.2) is 4.98 Å². The lowest BCUT2D eigenvalue weighted by Gasteiger charge is -2.27. The van der Waals surface area contributed by atoms with Crippen LogP contribution in [0.4, 0.5) is 17.1 Å². The van der Waals surface area contributed by atoms with Gasteiger partial charge in [0.2, 0.25) is 0 Å². The Hall–Kier alpha value is -6.07. The van der Waals surface area contributed by atoms with E-state index in [0.717, 1.165) is 33.1 Å². The highest BCUT2D eigenvalue weighted by Crippen LogP contribution is 2.46. The Bertz CT molecular complexity index is 2850. The normalized spacial score (nSPS) is 11.5. The van der Waals surface area contributed by atoms with Gasteiger partial charge in [0.15, 0.2) is 0 Å². The fourth-order valence-electron chi connectivity index (χ4n) is 7.21. The van der Waals surface area contributed by atoms with Crippen LogP contribution in [-0.2, 0) is 0 Å². The van der Waals surface area contributed by atoms with Gasteiger partial charge in [-0.15, -0.1) is 22.7 Å². The van der Waals surface area contributed by atoms with E-state index in [0.29, 0.717) is 0 Å². The Morgan fingerprint density at radius 1 is 0.373 bits per heavy atom. The minimum atomic E-state index is 1.01. The van der Waals surface area contributed by atoms with E-state index in [1.165, 1.54) is 57.9 Å². The molecule has 0 unspecified atom stereocenters. The molecule has 0 aliphatic heterocycles. The van der Waals surface area contributed by atoms with Crippen molar-refractivity contribution in [2.24, 2.45) is 0 Å². The van der Waals surface area contributed by atoms with Crippen LogP contribution in [0.25, 0.3) is 74.0 Å². The third-order valence-corrected chi connectivity index (χ3v) is 12.0. The topological polar surface area (TPSA) is 16.1 Å². The average Bonchev–Trinajstić information content (AvgIpc) is 3.81. The number of hydrogen-bond acceptors (Lipinski definition) is 4. The minimum Gasteiger partial charge on any atom is -0.310 e.